The van der Waals surface area contributed by atoms with Crippen LogP contribution in [0.5, 0.6) is 11.5 Å². The molecule has 0 spiro atoms. The van der Waals surface area contributed by atoms with Crippen molar-refractivity contribution >= 4 is 53.9 Å². The smallest absolute Gasteiger partial charge is 0.256 e. The number of piperazine rings is 1. The number of ether oxygens (including phenoxy) is 3. The molecule has 2 N–H and O–H groups in total. The fraction of sp³-hybridized carbons (Fsp3) is 0.487. The van der Waals surface area contributed by atoms with Gasteiger partial charge in [0.2, 0.25) is 5.91 Å². The Kier molecular flexibility index (Phi) is 16.8. The number of nitrogens with zero attached hydrogens (tertiary/aromatic N) is 2. The highest BCUT2D eigenvalue weighted by molar-refractivity contribution is 6.30. The van der Waals surface area contributed by atoms with Gasteiger partial charge in [-0.1, -0.05) is 74.8 Å². The SMILES string of the molecule is COc1c(OCCCNCCCc2ccccc2)cccc1C1OC(CC(=O)N2CCNCC2)C(=O)N(CC(C)(C)C)c2ccc(Cl)cc21.Cl.Cl. The lowest BCUT2D eigenvalue weighted by Crippen LogP contribution is -2.49. The zero-order chi connectivity index (χ0) is 34.8. The average Bonchev–Trinajstić information content (AvgIpc) is 3.19. The van der Waals surface area contributed by atoms with E-state index in [1.54, 1.807) is 23.0 Å². The van der Waals surface area contributed by atoms with E-state index in [1.807, 2.05) is 36.4 Å². The second-order valence-electron chi connectivity index (χ2n) is 13.9. The van der Waals surface area contributed by atoms with Gasteiger partial charge >= 0.3 is 0 Å². The Bertz CT molecular complexity index is 1550. The molecule has 51 heavy (non-hydrogen) atoms. The minimum Gasteiger partial charge on any atom is -0.492 e. The van der Waals surface area contributed by atoms with Crippen molar-refractivity contribution in [1.82, 2.24) is 15.5 Å². The number of anilines is 1. The van der Waals surface area contributed by atoms with Crippen LogP contribution in [0.15, 0.2) is 66.7 Å². The molecule has 5 rings (SSSR count). The summed E-state index contributed by atoms with van der Waals surface area (Å²) >= 11 is 6.60. The van der Waals surface area contributed by atoms with Crippen molar-refractivity contribution in [2.45, 2.75) is 58.7 Å². The Balaban J connectivity index is 0.00000351. The van der Waals surface area contributed by atoms with E-state index >= 15 is 0 Å². The predicted octanol–water partition coefficient (Wildman–Crippen LogP) is 6.87. The van der Waals surface area contributed by atoms with E-state index in [0.29, 0.717) is 54.0 Å². The molecule has 9 nitrogen and oxygen atoms in total. The van der Waals surface area contributed by atoms with Gasteiger partial charge in [0.25, 0.3) is 5.91 Å². The summed E-state index contributed by atoms with van der Waals surface area (Å²) in [4.78, 5) is 31.5. The third-order valence-electron chi connectivity index (χ3n) is 8.78. The molecule has 0 saturated carbocycles. The van der Waals surface area contributed by atoms with Crippen LogP contribution >= 0.6 is 36.4 Å². The van der Waals surface area contributed by atoms with E-state index in [4.69, 9.17) is 25.8 Å². The molecule has 2 unspecified atom stereocenters. The number of halogens is 3. The van der Waals surface area contributed by atoms with Crippen LogP contribution in [0, 0.1) is 5.41 Å². The molecule has 2 aliphatic rings. The van der Waals surface area contributed by atoms with Crippen molar-refractivity contribution in [2.24, 2.45) is 5.41 Å². The Morgan fingerprint density at radius 1 is 0.980 bits per heavy atom. The van der Waals surface area contributed by atoms with E-state index in [1.165, 1.54) is 5.56 Å². The van der Waals surface area contributed by atoms with Gasteiger partial charge in [0, 0.05) is 54.6 Å². The standard InChI is InChI=1S/C39H51ClN4O5.2ClH/c1-39(2,3)27-44-32-17-16-29(40)25-31(32)36(49-34(38(44)46)26-35(45)43-22-20-42-21-23-43)30-14-8-15-33(37(30)47-4)48-24-10-19-41-18-9-13-28-11-6-5-7-12-28;;/h5-8,11-12,14-17,25,34,36,41-42H,9-10,13,18-24,26-27H2,1-4H3;2*1H. The maximum atomic E-state index is 14.4. The maximum Gasteiger partial charge on any atom is 0.256 e. The molecule has 3 aromatic rings. The first-order valence-electron chi connectivity index (χ1n) is 17.4. The fourth-order valence-electron chi connectivity index (χ4n) is 6.42. The fourth-order valence-corrected chi connectivity index (χ4v) is 6.60. The van der Waals surface area contributed by atoms with Gasteiger partial charge in [-0.3, -0.25) is 9.59 Å². The topological polar surface area (TPSA) is 92.4 Å². The van der Waals surface area contributed by atoms with Crippen molar-refractivity contribution in [3.8, 4) is 11.5 Å². The van der Waals surface area contributed by atoms with Crippen molar-refractivity contribution in [1.29, 1.82) is 0 Å². The zero-order valence-corrected chi connectivity index (χ0v) is 32.5. The number of fused-ring (bicyclic) bond motifs is 1. The first-order valence-corrected chi connectivity index (χ1v) is 17.8. The van der Waals surface area contributed by atoms with Gasteiger partial charge in [0.05, 0.1) is 20.1 Å². The number of hydrogen-bond acceptors (Lipinski definition) is 7. The number of nitrogens with one attached hydrogen (secondary N) is 2. The van der Waals surface area contributed by atoms with Gasteiger partial charge in [-0.15, -0.1) is 24.8 Å². The van der Waals surface area contributed by atoms with Crippen LogP contribution in [0.25, 0.3) is 0 Å². The highest BCUT2D eigenvalue weighted by Gasteiger charge is 2.40. The maximum absolute atomic E-state index is 14.4. The van der Waals surface area contributed by atoms with Crippen LogP contribution in [-0.4, -0.2) is 82.3 Å². The summed E-state index contributed by atoms with van der Waals surface area (Å²) in [5.74, 6) is 0.771. The quantitative estimate of drug-likeness (QED) is 0.173. The highest BCUT2D eigenvalue weighted by atomic mass is 35.5. The molecule has 2 amide bonds. The van der Waals surface area contributed by atoms with Crippen LogP contribution in [0.3, 0.4) is 0 Å². The molecule has 0 aromatic heterocycles. The summed E-state index contributed by atoms with van der Waals surface area (Å²) in [5, 5.41) is 7.31. The molecule has 1 fully saturated rings. The predicted molar refractivity (Wildman–Crippen MR) is 209 cm³/mol. The normalized spacial score (nSPS) is 17.5. The van der Waals surface area contributed by atoms with Crippen molar-refractivity contribution in [3.05, 3.63) is 88.4 Å². The lowest BCUT2D eigenvalue weighted by atomic mass is 9.94. The molecule has 12 heteroatoms. The largest absolute Gasteiger partial charge is 0.492 e. The number of carbonyl (C=O) groups excluding carboxylic acids is 2. The molecule has 0 bridgehead atoms. The van der Waals surface area contributed by atoms with Crippen LogP contribution in [0.1, 0.15) is 62.8 Å². The van der Waals surface area contributed by atoms with Crippen LogP contribution in [-0.2, 0) is 20.7 Å². The summed E-state index contributed by atoms with van der Waals surface area (Å²) in [7, 11) is 1.61. The number of benzene rings is 3. The summed E-state index contributed by atoms with van der Waals surface area (Å²) in [6, 6.07) is 21.7. The first-order chi connectivity index (χ1) is 23.6. The third kappa shape index (κ3) is 11.7. The molecule has 2 atom stereocenters. The molecule has 3 aromatic carbocycles. The number of aryl methyl sites for hydroxylation is 1. The Hall–Kier alpha value is -3.05. The van der Waals surface area contributed by atoms with Crippen molar-refractivity contribution < 1.29 is 23.8 Å². The summed E-state index contributed by atoms with van der Waals surface area (Å²) in [6.45, 7) is 11.6. The van der Waals surface area contributed by atoms with Gasteiger partial charge in [-0.25, -0.2) is 0 Å². The number of hydrogen-bond donors (Lipinski definition) is 2. The van der Waals surface area contributed by atoms with Crippen molar-refractivity contribution in [3.63, 3.8) is 0 Å². The Labute approximate surface area is 320 Å². The zero-order valence-electron chi connectivity index (χ0n) is 30.1. The van der Waals surface area contributed by atoms with Crippen LogP contribution in [0.2, 0.25) is 5.02 Å². The lowest BCUT2D eigenvalue weighted by Gasteiger charge is -2.32. The minimum absolute atomic E-state index is 0. The molecule has 0 aliphatic carbocycles. The number of rotatable bonds is 14. The van der Waals surface area contributed by atoms with Gasteiger partial charge in [0.15, 0.2) is 11.5 Å². The Morgan fingerprint density at radius 2 is 1.71 bits per heavy atom. The summed E-state index contributed by atoms with van der Waals surface area (Å²) < 4.78 is 19.0. The van der Waals surface area contributed by atoms with E-state index < -0.39 is 12.2 Å². The Morgan fingerprint density at radius 3 is 2.41 bits per heavy atom. The third-order valence-corrected chi connectivity index (χ3v) is 9.02. The van der Waals surface area contributed by atoms with E-state index in [0.717, 1.165) is 51.0 Å². The first kappa shape index (κ1) is 42.4. The number of para-hydroxylation sites is 1. The average molecular weight is 764 g/mol. The lowest BCUT2D eigenvalue weighted by molar-refractivity contribution is -0.143. The number of carbonyl (C=O) groups is 2. The number of amides is 2. The second-order valence-corrected chi connectivity index (χ2v) is 14.4. The van der Waals surface area contributed by atoms with Gasteiger partial charge in [-0.05, 0) is 67.6 Å². The molecule has 2 heterocycles. The molecule has 1 saturated heterocycles. The molecular weight excluding hydrogens is 711 g/mol. The van der Waals surface area contributed by atoms with Crippen LogP contribution in [0.4, 0.5) is 5.69 Å². The second kappa shape index (κ2) is 20.3. The van der Waals surface area contributed by atoms with Crippen molar-refractivity contribution in [2.75, 3.05) is 64.4 Å². The molecule has 280 valence electrons. The van der Waals surface area contributed by atoms with Gasteiger partial charge in [-0.2, -0.15) is 0 Å². The summed E-state index contributed by atoms with van der Waals surface area (Å²) in [5.41, 5.74) is 3.27. The van der Waals surface area contributed by atoms with Gasteiger partial charge in [0.1, 0.15) is 12.2 Å². The van der Waals surface area contributed by atoms with Crippen LogP contribution < -0.4 is 25.0 Å². The van der Waals surface area contributed by atoms with E-state index in [-0.39, 0.29) is 48.5 Å². The molecule has 0 radical (unpaired) electrons. The van der Waals surface area contributed by atoms with E-state index in [2.05, 4.69) is 55.7 Å². The summed E-state index contributed by atoms with van der Waals surface area (Å²) in [6.07, 6.45) is 1.14. The highest BCUT2D eigenvalue weighted by Crippen LogP contribution is 2.45. The van der Waals surface area contributed by atoms with E-state index in [9.17, 15) is 9.59 Å². The monoisotopic (exact) mass is 762 g/mol. The minimum atomic E-state index is -1.01. The molecular formula is C39H53Cl3N4O5. The number of methoxy groups -OCH3 is 1. The molecule has 2 aliphatic heterocycles. The van der Waals surface area contributed by atoms with Gasteiger partial charge < -0.3 is 34.6 Å².